The van der Waals surface area contributed by atoms with Gasteiger partial charge in [0.05, 0.1) is 13.2 Å². The standard InChI is InChI=1S/C17H23FN2O/c18-16-8-7-15(14(12-16)4-3-9-19)13-20(10-11-21)17-5-1-2-6-17/h7-8,12,17,21H,1-2,5-6,9-11,13,19H2. The molecule has 21 heavy (non-hydrogen) atoms. The Morgan fingerprint density at radius 2 is 2.10 bits per heavy atom. The molecule has 114 valence electrons. The van der Waals surface area contributed by atoms with E-state index in [-0.39, 0.29) is 19.0 Å². The normalized spacial score (nSPS) is 15.2. The summed E-state index contributed by atoms with van der Waals surface area (Å²) in [5, 5.41) is 9.28. The van der Waals surface area contributed by atoms with E-state index in [1.807, 2.05) is 0 Å². The highest BCUT2D eigenvalue weighted by Gasteiger charge is 2.22. The molecule has 1 aromatic rings. The molecule has 1 aromatic carbocycles. The average Bonchev–Trinajstić information content (AvgIpc) is 3.01. The second kappa shape index (κ2) is 8.14. The number of rotatable bonds is 5. The summed E-state index contributed by atoms with van der Waals surface area (Å²) in [4.78, 5) is 2.29. The fourth-order valence-corrected chi connectivity index (χ4v) is 2.96. The average molecular weight is 290 g/mol. The lowest BCUT2D eigenvalue weighted by molar-refractivity contribution is 0.144. The summed E-state index contributed by atoms with van der Waals surface area (Å²) in [6.45, 7) is 1.74. The van der Waals surface area contributed by atoms with Gasteiger partial charge in [-0.1, -0.05) is 30.7 Å². The van der Waals surface area contributed by atoms with E-state index in [4.69, 9.17) is 5.73 Å². The molecule has 0 spiro atoms. The quantitative estimate of drug-likeness (QED) is 0.814. The monoisotopic (exact) mass is 290 g/mol. The minimum Gasteiger partial charge on any atom is -0.395 e. The largest absolute Gasteiger partial charge is 0.395 e. The van der Waals surface area contributed by atoms with Crippen LogP contribution in [0.15, 0.2) is 18.2 Å². The van der Waals surface area contributed by atoms with E-state index in [1.54, 1.807) is 6.07 Å². The van der Waals surface area contributed by atoms with Gasteiger partial charge in [-0.15, -0.1) is 0 Å². The number of aliphatic hydroxyl groups excluding tert-OH is 1. The molecular formula is C17H23FN2O. The van der Waals surface area contributed by atoms with Crippen LogP contribution in [-0.4, -0.2) is 35.7 Å². The van der Waals surface area contributed by atoms with Gasteiger partial charge in [-0.3, -0.25) is 4.90 Å². The Bertz CT molecular complexity index is 515. The number of halogens is 1. The fourth-order valence-electron chi connectivity index (χ4n) is 2.96. The Morgan fingerprint density at radius 3 is 2.76 bits per heavy atom. The van der Waals surface area contributed by atoms with E-state index in [0.29, 0.717) is 24.7 Å². The molecule has 0 unspecified atom stereocenters. The van der Waals surface area contributed by atoms with Gasteiger partial charge in [0.25, 0.3) is 0 Å². The highest BCUT2D eigenvalue weighted by atomic mass is 19.1. The first kappa shape index (κ1) is 16.0. The molecular weight excluding hydrogens is 267 g/mol. The number of hydrogen-bond donors (Lipinski definition) is 2. The molecule has 3 nitrogen and oxygen atoms in total. The molecule has 0 amide bonds. The van der Waals surface area contributed by atoms with Gasteiger partial charge >= 0.3 is 0 Å². The first-order valence-corrected chi connectivity index (χ1v) is 7.57. The van der Waals surface area contributed by atoms with Gasteiger partial charge in [0.15, 0.2) is 0 Å². The zero-order chi connectivity index (χ0) is 15.1. The lowest BCUT2D eigenvalue weighted by Crippen LogP contribution is -2.35. The molecule has 0 radical (unpaired) electrons. The zero-order valence-corrected chi connectivity index (χ0v) is 12.3. The molecule has 0 atom stereocenters. The highest BCUT2D eigenvalue weighted by molar-refractivity contribution is 5.42. The van der Waals surface area contributed by atoms with Gasteiger partial charge < -0.3 is 10.8 Å². The number of hydrogen-bond acceptors (Lipinski definition) is 3. The van der Waals surface area contributed by atoms with Crippen molar-refractivity contribution in [1.82, 2.24) is 4.90 Å². The molecule has 0 heterocycles. The lowest BCUT2D eigenvalue weighted by Gasteiger charge is -2.28. The van der Waals surface area contributed by atoms with Crippen molar-refractivity contribution in [1.29, 1.82) is 0 Å². The van der Waals surface area contributed by atoms with Crippen LogP contribution < -0.4 is 5.73 Å². The SMILES string of the molecule is NCC#Cc1cc(F)ccc1CN(CCO)C1CCCC1. The molecule has 1 fully saturated rings. The van der Waals surface area contributed by atoms with Crippen molar-refractivity contribution in [3.05, 3.63) is 35.1 Å². The summed E-state index contributed by atoms with van der Waals surface area (Å²) in [7, 11) is 0. The van der Waals surface area contributed by atoms with Gasteiger partial charge in [0.1, 0.15) is 5.82 Å². The van der Waals surface area contributed by atoms with Gasteiger partial charge in [-0.2, -0.15) is 0 Å². The molecule has 2 rings (SSSR count). The Kier molecular flexibility index (Phi) is 6.19. The van der Waals surface area contributed by atoms with E-state index in [2.05, 4.69) is 16.7 Å². The maximum atomic E-state index is 13.4. The Hall–Kier alpha value is -1.41. The molecule has 0 aromatic heterocycles. The van der Waals surface area contributed by atoms with Crippen LogP contribution in [0, 0.1) is 17.7 Å². The molecule has 4 heteroatoms. The van der Waals surface area contributed by atoms with Crippen LogP contribution in [0.1, 0.15) is 36.8 Å². The van der Waals surface area contributed by atoms with Crippen LogP contribution in [0.3, 0.4) is 0 Å². The third kappa shape index (κ3) is 4.53. The molecule has 3 N–H and O–H groups in total. The predicted octanol–water partition coefficient (Wildman–Crippen LogP) is 1.87. The highest BCUT2D eigenvalue weighted by Crippen LogP contribution is 2.25. The summed E-state index contributed by atoms with van der Waals surface area (Å²) in [5.74, 6) is 5.46. The van der Waals surface area contributed by atoms with Crippen LogP contribution in [0.4, 0.5) is 4.39 Å². The number of nitrogens with zero attached hydrogens (tertiary/aromatic N) is 1. The molecule has 0 saturated heterocycles. The molecule has 0 bridgehead atoms. The second-order valence-corrected chi connectivity index (χ2v) is 5.44. The van der Waals surface area contributed by atoms with Crippen molar-refractivity contribution in [3.63, 3.8) is 0 Å². The van der Waals surface area contributed by atoms with E-state index >= 15 is 0 Å². The van der Waals surface area contributed by atoms with Gasteiger partial charge in [0, 0.05) is 24.7 Å². The minimum atomic E-state index is -0.283. The van der Waals surface area contributed by atoms with Crippen LogP contribution >= 0.6 is 0 Å². The van der Waals surface area contributed by atoms with Crippen LogP contribution in [0.2, 0.25) is 0 Å². The van der Waals surface area contributed by atoms with Crippen LogP contribution in [0.25, 0.3) is 0 Å². The van der Waals surface area contributed by atoms with Crippen molar-refractivity contribution in [2.24, 2.45) is 5.73 Å². The number of nitrogens with two attached hydrogens (primary N) is 1. The van der Waals surface area contributed by atoms with Crippen LogP contribution in [-0.2, 0) is 6.54 Å². The number of aliphatic hydroxyl groups is 1. The zero-order valence-electron chi connectivity index (χ0n) is 12.3. The van der Waals surface area contributed by atoms with Crippen molar-refractivity contribution in [3.8, 4) is 11.8 Å². The van der Waals surface area contributed by atoms with Crippen molar-refractivity contribution < 1.29 is 9.50 Å². The fraction of sp³-hybridized carbons (Fsp3) is 0.529. The summed E-state index contributed by atoms with van der Waals surface area (Å²) >= 11 is 0. The topological polar surface area (TPSA) is 49.5 Å². The second-order valence-electron chi connectivity index (χ2n) is 5.44. The summed E-state index contributed by atoms with van der Waals surface area (Å²) < 4.78 is 13.4. The Morgan fingerprint density at radius 1 is 1.33 bits per heavy atom. The third-order valence-corrected chi connectivity index (χ3v) is 4.00. The number of benzene rings is 1. The molecule has 0 aliphatic heterocycles. The van der Waals surface area contributed by atoms with Crippen molar-refractivity contribution >= 4 is 0 Å². The smallest absolute Gasteiger partial charge is 0.124 e. The maximum absolute atomic E-state index is 13.4. The van der Waals surface area contributed by atoms with E-state index in [1.165, 1.54) is 37.8 Å². The van der Waals surface area contributed by atoms with Crippen LogP contribution in [0.5, 0.6) is 0 Å². The summed E-state index contributed by atoms with van der Waals surface area (Å²) in [6.07, 6.45) is 4.84. The summed E-state index contributed by atoms with van der Waals surface area (Å²) in [5.41, 5.74) is 7.10. The molecule has 1 aliphatic rings. The Balaban J connectivity index is 2.18. The lowest BCUT2D eigenvalue weighted by atomic mass is 10.1. The third-order valence-electron chi connectivity index (χ3n) is 4.00. The van der Waals surface area contributed by atoms with E-state index in [0.717, 1.165) is 5.56 Å². The van der Waals surface area contributed by atoms with E-state index in [9.17, 15) is 9.50 Å². The summed E-state index contributed by atoms with van der Waals surface area (Å²) in [6, 6.07) is 5.23. The predicted molar refractivity (Wildman–Crippen MR) is 82.1 cm³/mol. The van der Waals surface area contributed by atoms with Gasteiger partial charge in [0.2, 0.25) is 0 Å². The minimum absolute atomic E-state index is 0.140. The van der Waals surface area contributed by atoms with Gasteiger partial charge in [-0.05, 0) is 30.5 Å². The van der Waals surface area contributed by atoms with Crippen molar-refractivity contribution in [2.45, 2.75) is 38.3 Å². The maximum Gasteiger partial charge on any atom is 0.124 e. The first-order chi connectivity index (χ1) is 10.2. The van der Waals surface area contributed by atoms with E-state index < -0.39 is 0 Å². The molecule has 1 saturated carbocycles. The molecule has 1 aliphatic carbocycles. The van der Waals surface area contributed by atoms with Crippen molar-refractivity contribution in [2.75, 3.05) is 19.7 Å². The Labute approximate surface area is 125 Å². The first-order valence-electron chi connectivity index (χ1n) is 7.57. The van der Waals surface area contributed by atoms with Gasteiger partial charge in [-0.25, -0.2) is 4.39 Å².